The van der Waals surface area contributed by atoms with E-state index in [0.29, 0.717) is 16.8 Å². The number of hydrogen-bond donors (Lipinski definition) is 1. The molecule has 8 heteroatoms. The van der Waals surface area contributed by atoms with Crippen molar-refractivity contribution in [1.29, 1.82) is 0 Å². The Morgan fingerprint density at radius 2 is 1.64 bits per heavy atom. The summed E-state index contributed by atoms with van der Waals surface area (Å²) in [7, 11) is 4.81. The summed E-state index contributed by atoms with van der Waals surface area (Å²) < 4.78 is 31.4. The fourth-order valence-corrected chi connectivity index (χ4v) is 1.52. The molecule has 0 unspecified atom stereocenters. The van der Waals surface area contributed by atoms with Gasteiger partial charge in [0.25, 0.3) is 5.91 Å². The highest BCUT2D eigenvalue weighted by atomic mass is 36.0. The second kappa shape index (κ2) is 8.12. The molecule has 2 aromatic carbocycles. The molecule has 0 radical (unpaired) electrons. The molecule has 1 N–H and O–H groups in total. The van der Waals surface area contributed by atoms with Crippen LogP contribution in [-0.4, -0.2) is 14.3 Å². The van der Waals surface area contributed by atoms with E-state index in [1.165, 1.54) is 6.07 Å². The van der Waals surface area contributed by atoms with Crippen LogP contribution in [0.1, 0.15) is 15.9 Å². The number of hydrogen-bond acceptors (Lipinski definition) is 3. The highest BCUT2D eigenvalue weighted by molar-refractivity contribution is 8.31. The molecule has 0 spiro atoms. The number of carbonyl (C=O) groups excluding carboxylic acids is 1. The molecule has 0 saturated heterocycles. The highest BCUT2D eigenvalue weighted by Crippen LogP contribution is 2.14. The van der Waals surface area contributed by atoms with Crippen LogP contribution in [-0.2, 0) is 8.26 Å². The van der Waals surface area contributed by atoms with Crippen LogP contribution in [0.25, 0.3) is 0 Å². The van der Waals surface area contributed by atoms with Crippen molar-refractivity contribution in [3.05, 3.63) is 65.5 Å². The minimum absolute atomic E-state index is 0.198. The van der Waals surface area contributed by atoms with Crippen molar-refractivity contribution in [1.82, 2.24) is 0 Å². The first-order valence-corrected chi connectivity index (χ1v) is 9.07. The van der Waals surface area contributed by atoms with Gasteiger partial charge >= 0.3 is 8.26 Å². The molecule has 2 rings (SSSR count). The van der Waals surface area contributed by atoms with E-state index in [1.54, 1.807) is 43.3 Å². The molecular weight excluding hydrogens is 352 g/mol. The molecule has 2 aromatic rings. The van der Waals surface area contributed by atoms with Crippen molar-refractivity contribution < 1.29 is 17.6 Å². The number of anilines is 1. The van der Waals surface area contributed by atoms with Crippen LogP contribution in [0.3, 0.4) is 0 Å². The Balaban J connectivity index is 0.000000422. The largest absolute Gasteiger partial charge is 0.322 e. The van der Waals surface area contributed by atoms with Crippen LogP contribution in [0, 0.1) is 12.7 Å². The zero-order chi connectivity index (χ0) is 16.8. The van der Waals surface area contributed by atoms with Gasteiger partial charge in [-0.25, -0.2) is 4.39 Å². The topological polar surface area (TPSA) is 63.2 Å². The average molecular weight is 364 g/mol. The summed E-state index contributed by atoms with van der Waals surface area (Å²) in [4.78, 5) is 11.8. The van der Waals surface area contributed by atoms with Gasteiger partial charge in [-0.2, -0.15) is 8.42 Å². The van der Waals surface area contributed by atoms with E-state index >= 15 is 0 Å². The van der Waals surface area contributed by atoms with Crippen molar-refractivity contribution in [2.45, 2.75) is 6.92 Å². The van der Waals surface area contributed by atoms with Gasteiger partial charge in [0.15, 0.2) is 0 Å². The van der Waals surface area contributed by atoms with E-state index in [2.05, 4.69) is 26.7 Å². The van der Waals surface area contributed by atoms with Crippen LogP contribution in [0.5, 0.6) is 0 Å². The van der Waals surface area contributed by atoms with Crippen molar-refractivity contribution in [3.8, 4) is 0 Å². The van der Waals surface area contributed by atoms with Gasteiger partial charge in [-0.15, -0.1) is 0 Å². The van der Waals surface area contributed by atoms with Gasteiger partial charge < -0.3 is 5.32 Å². The lowest BCUT2D eigenvalue weighted by Crippen LogP contribution is -2.11. The van der Waals surface area contributed by atoms with E-state index < -0.39 is 8.26 Å². The fourth-order valence-electron chi connectivity index (χ4n) is 1.52. The van der Waals surface area contributed by atoms with Crippen molar-refractivity contribution in [2.75, 3.05) is 5.32 Å². The Kier molecular flexibility index (Phi) is 6.80. The number of carbonyl (C=O) groups is 1. The molecule has 118 valence electrons. The molecule has 1 amide bonds. The summed E-state index contributed by atoms with van der Waals surface area (Å²) in [5, 5.41) is 2.72. The first-order valence-electron chi connectivity index (χ1n) is 5.93. The Bertz CT molecular complexity index is 744. The minimum atomic E-state index is -3.72. The van der Waals surface area contributed by atoms with Gasteiger partial charge in [0.1, 0.15) is 5.82 Å². The lowest BCUT2D eigenvalue weighted by molar-refractivity contribution is 0.102. The molecule has 0 heterocycles. The predicted molar refractivity (Wildman–Crippen MR) is 86.2 cm³/mol. The van der Waals surface area contributed by atoms with Crippen molar-refractivity contribution in [3.63, 3.8) is 0 Å². The van der Waals surface area contributed by atoms with E-state index in [9.17, 15) is 9.18 Å². The number of rotatable bonds is 2. The zero-order valence-electron chi connectivity index (χ0n) is 11.4. The van der Waals surface area contributed by atoms with Gasteiger partial charge in [-0.1, -0.05) is 18.2 Å². The summed E-state index contributed by atoms with van der Waals surface area (Å²) in [5.41, 5.74) is 1.68. The zero-order valence-corrected chi connectivity index (χ0v) is 13.7. The normalized spacial score (nSPS) is 10.4. The lowest BCUT2D eigenvalue weighted by atomic mass is 10.2. The molecule has 0 bridgehead atoms. The van der Waals surface area contributed by atoms with E-state index in [4.69, 9.17) is 8.42 Å². The maximum absolute atomic E-state index is 13.0. The quantitative estimate of drug-likeness (QED) is 0.817. The standard InChI is InChI=1S/C14H12FNO.Cl2O2S/c1-10-9-12(7-8-13(10)15)16-14(17)11-5-3-2-4-6-11;1-5(2,3)4/h2-9H,1H3,(H,16,17);. The van der Waals surface area contributed by atoms with Gasteiger partial charge in [-0.3, -0.25) is 4.79 Å². The molecule has 0 aliphatic carbocycles. The summed E-state index contributed by atoms with van der Waals surface area (Å²) >= 11 is 0. The SMILES string of the molecule is Cc1cc(NC(=O)c2ccccc2)ccc1F.O=S(=O)(Cl)Cl. The van der Waals surface area contributed by atoms with Gasteiger partial charge in [-0.05, 0) is 42.8 Å². The average Bonchev–Trinajstić information content (AvgIpc) is 2.42. The Labute approximate surface area is 136 Å². The third-order valence-electron chi connectivity index (χ3n) is 2.45. The van der Waals surface area contributed by atoms with Crippen LogP contribution >= 0.6 is 21.4 Å². The highest BCUT2D eigenvalue weighted by Gasteiger charge is 2.06. The Morgan fingerprint density at radius 3 is 2.14 bits per heavy atom. The Hall–Kier alpha value is -1.63. The molecule has 0 aromatic heterocycles. The summed E-state index contributed by atoms with van der Waals surface area (Å²) in [6.07, 6.45) is 0. The first-order chi connectivity index (χ1) is 10.2. The molecule has 0 aliphatic heterocycles. The number of amides is 1. The molecule has 4 nitrogen and oxygen atoms in total. The Morgan fingerprint density at radius 1 is 1.09 bits per heavy atom. The maximum atomic E-state index is 13.0. The second-order valence-corrected chi connectivity index (χ2v) is 7.83. The summed E-state index contributed by atoms with van der Waals surface area (Å²) in [5.74, 6) is -0.473. The number of halogens is 3. The third-order valence-corrected chi connectivity index (χ3v) is 2.45. The van der Waals surface area contributed by atoms with Crippen LogP contribution in [0.15, 0.2) is 48.5 Å². The predicted octanol–water partition coefficient (Wildman–Crippen LogP) is 4.10. The number of aryl methyl sites for hydroxylation is 1. The second-order valence-electron chi connectivity index (χ2n) is 4.16. The molecule has 0 saturated carbocycles. The minimum Gasteiger partial charge on any atom is -0.322 e. The van der Waals surface area contributed by atoms with Crippen LogP contribution in [0.2, 0.25) is 0 Å². The van der Waals surface area contributed by atoms with E-state index in [0.717, 1.165) is 0 Å². The molecule has 0 fully saturated rings. The number of benzene rings is 2. The molecule has 0 atom stereocenters. The van der Waals surface area contributed by atoms with Crippen molar-refractivity contribution in [2.24, 2.45) is 0 Å². The van der Waals surface area contributed by atoms with Gasteiger partial charge in [0.05, 0.1) is 0 Å². The summed E-state index contributed by atoms with van der Waals surface area (Å²) in [6, 6.07) is 13.4. The van der Waals surface area contributed by atoms with Crippen LogP contribution < -0.4 is 5.32 Å². The summed E-state index contributed by atoms with van der Waals surface area (Å²) in [6.45, 7) is 1.66. The van der Waals surface area contributed by atoms with E-state index in [1.807, 2.05) is 6.07 Å². The maximum Gasteiger partial charge on any atom is 0.317 e. The van der Waals surface area contributed by atoms with Gasteiger partial charge in [0, 0.05) is 32.6 Å². The molecule has 0 aliphatic rings. The fraction of sp³-hybridized carbons (Fsp3) is 0.0714. The van der Waals surface area contributed by atoms with Gasteiger partial charge in [0.2, 0.25) is 0 Å². The third kappa shape index (κ3) is 7.40. The molecular formula is C14H12Cl2FNO3S. The molecule has 22 heavy (non-hydrogen) atoms. The first kappa shape index (κ1) is 18.4. The monoisotopic (exact) mass is 363 g/mol. The van der Waals surface area contributed by atoms with E-state index in [-0.39, 0.29) is 11.7 Å². The van der Waals surface area contributed by atoms with Crippen LogP contribution in [0.4, 0.5) is 10.1 Å². The number of nitrogens with one attached hydrogen (secondary N) is 1. The van der Waals surface area contributed by atoms with Crippen molar-refractivity contribution >= 4 is 41.2 Å². The smallest absolute Gasteiger partial charge is 0.317 e. The lowest BCUT2D eigenvalue weighted by Gasteiger charge is -2.06.